The highest BCUT2D eigenvalue weighted by Crippen LogP contribution is 2.24. The SMILES string of the molecule is CN=C(NCCCc1nc2ccccc2[nH]1)NC1CCN(c2cccs2)CC1.I. The Morgan fingerprint density at radius 1 is 1.24 bits per heavy atom. The topological polar surface area (TPSA) is 68.3 Å². The third kappa shape index (κ3) is 5.85. The summed E-state index contributed by atoms with van der Waals surface area (Å²) in [6.07, 6.45) is 4.21. The zero-order chi connectivity index (χ0) is 19.2. The number of thiophene rings is 1. The number of halogens is 1. The van der Waals surface area contributed by atoms with Crippen molar-refractivity contribution in [2.24, 2.45) is 4.99 Å². The predicted octanol–water partition coefficient (Wildman–Crippen LogP) is 4.01. The van der Waals surface area contributed by atoms with Crippen LogP contribution >= 0.6 is 35.3 Å². The van der Waals surface area contributed by atoms with Crippen molar-refractivity contribution in [2.75, 3.05) is 31.6 Å². The molecule has 0 aliphatic carbocycles. The van der Waals surface area contributed by atoms with Crippen molar-refractivity contribution < 1.29 is 0 Å². The molecule has 0 amide bonds. The fourth-order valence-corrected chi connectivity index (χ4v) is 4.45. The molecule has 1 aromatic carbocycles. The number of aromatic nitrogens is 2. The van der Waals surface area contributed by atoms with Gasteiger partial charge in [-0.1, -0.05) is 12.1 Å². The van der Waals surface area contributed by atoms with Gasteiger partial charge >= 0.3 is 0 Å². The second-order valence-corrected chi connectivity index (χ2v) is 8.09. The highest BCUT2D eigenvalue weighted by atomic mass is 127. The summed E-state index contributed by atoms with van der Waals surface area (Å²) in [5.41, 5.74) is 2.15. The van der Waals surface area contributed by atoms with E-state index in [0.717, 1.165) is 68.1 Å². The number of nitrogens with zero attached hydrogens (tertiary/aromatic N) is 3. The van der Waals surface area contributed by atoms with E-state index in [0.29, 0.717) is 6.04 Å². The van der Waals surface area contributed by atoms with Crippen molar-refractivity contribution in [3.63, 3.8) is 0 Å². The number of aryl methyl sites for hydroxylation is 1. The van der Waals surface area contributed by atoms with Crippen LogP contribution in [0.2, 0.25) is 0 Å². The molecule has 29 heavy (non-hydrogen) atoms. The van der Waals surface area contributed by atoms with Crippen molar-refractivity contribution in [1.29, 1.82) is 0 Å². The minimum absolute atomic E-state index is 0. The average Bonchev–Trinajstić information content (AvgIpc) is 3.40. The molecule has 3 aromatic rings. The number of para-hydroxylation sites is 2. The summed E-state index contributed by atoms with van der Waals surface area (Å²) in [6.45, 7) is 3.08. The lowest BCUT2D eigenvalue weighted by Crippen LogP contribution is -2.48. The fourth-order valence-electron chi connectivity index (χ4n) is 3.67. The van der Waals surface area contributed by atoms with Crippen LogP contribution in [0, 0.1) is 0 Å². The van der Waals surface area contributed by atoms with Crippen LogP contribution in [0.3, 0.4) is 0 Å². The van der Waals surface area contributed by atoms with Gasteiger partial charge in [0.15, 0.2) is 5.96 Å². The number of piperidine rings is 1. The van der Waals surface area contributed by atoms with E-state index in [1.54, 1.807) is 0 Å². The molecule has 0 spiro atoms. The molecule has 0 bridgehead atoms. The van der Waals surface area contributed by atoms with E-state index in [2.05, 4.69) is 54.1 Å². The number of H-pyrrole nitrogens is 1. The number of aliphatic imine (C=N–C) groups is 1. The van der Waals surface area contributed by atoms with Gasteiger partial charge in [0, 0.05) is 39.1 Å². The lowest BCUT2D eigenvalue weighted by molar-refractivity contribution is 0.462. The van der Waals surface area contributed by atoms with E-state index >= 15 is 0 Å². The van der Waals surface area contributed by atoms with E-state index in [1.165, 1.54) is 5.00 Å². The molecule has 1 aliphatic heterocycles. The average molecular weight is 524 g/mol. The first-order chi connectivity index (χ1) is 13.8. The van der Waals surface area contributed by atoms with E-state index < -0.39 is 0 Å². The second-order valence-electron chi connectivity index (χ2n) is 7.16. The Balaban J connectivity index is 0.00000240. The highest BCUT2D eigenvalue weighted by molar-refractivity contribution is 14.0. The van der Waals surface area contributed by atoms with E-state index in [-0.39, 0.29) is 24.0 Å². The summed E-state index contributed by atoms with van der Waals surface area (Å²) in [7, 11) is 1.84. The van der Waals surface area contributed by atoms with E-state index in [9.17, 15) is 0 Å². The van der Waals surface area contributed by atoms with Crippen molar-refractivity contribution in [2.45, 2.75) is 31.7 Å². The summed E-state index contributed by atoms with van der Waals surface area (Å²) >= 11 is 1.82. The maximum atomic E-state index is 4.64. The first-order valence-electron chi connectivity index (χ1n) is 10.0. The Hall–Kier alpha value is -1.81. The van der Waals surface area contributed by atoms with Gasteiger partial charge in [0.2, 0.25) is 0 Å². The summed E-state index contributed by atoms with van der Waals surface area (Å²) < 4.78 is 0. The molecule has 0 unspecified atom stereocenters. The van der Waals surface area contributed by atoms with Crippen LogP contribution in [0.4, 0.5) is 5.00 Å². The number of anilines is 1. The Labute approximate surface area is 193 Å². The maximum absolute atomic E-state index is 4.64. The van der Waals surface area contributed by atoms with Gasteiger partial charge in [-0.15, -0.1) is 35.3 Å². The third-order valence-corrected chi connectivity index (χ3v) is 6.13. The number of imidazole rings is 1. The molecular weight excluding hydrogens is 495 g/mol. The molecule has 0 radical (unpaired) electrons. The molecule has 0 saturated carbocycles. The summed E-state index contributed by atoms with van der Waals surface area (Å²) in [6, 6.07) is 13.0. The van der Waals surface area contributed by atoms with E-state index in [1.807, 2.05) is 36.6 Å². The van der Waals surface area contributed by atoms with Crippen molar-refractivity contribution in [3.8, 4) is 0 Å². The second kappa shape index (κ2) is 10.8. The molecule has 2 aromatic heterocycles. The van der Waals surface area contributed by atoms with Gasteiger partial charge in [0.05, 0.1) is 16.0 Å². The van der Waals surface area contributed by atoms with E-state index in [4.69, 9.17) is 0 Å². The molecule has 156 valence electrons. The number of aromatic amines is 1. The van der Waals surface area contributed by atoms with Crippen LogP contribution in [0.25, 0.3) is 11.0 Å². The number of guanidine groups is 1. The van der Waals surface area contributed by atoms with Crippen LogP contribution in [0.1, 0.15) is 25.1 Å². The first kappa shape index (κ1) is 21.9. The standard InChI is InChI=1S/C21H28N6S.HI/c1-22-21(24-16-10-13-27(14-11-16)20-9-5-15-28-20)23-12-4-8-19-25-17-6-2-3-7-18(17)26-19;/h2-3,5-7,9,15-16H,4,8,10-14H2,1H3,(H,25,26)(H2,22,23,24);1H. The normalized spacial score (nSPS) is 15.3. The zero-order valence-electron chi connectivity index (χ0n) is 16.7. The van der Waals surface area contributed by atoms with Crippen LogP contribution in [0.5, 0.6) is 0 Å². The number of hydrogen-bond donors (Lipinski definition) is 3. The molecule has 3 N–H and O–H groups in total. The Morgan fingerprint density at radius 2 is 2.07 bits per heavy atom. The molecule has 4 rings (SSSR count). The molecule has 8 heteroatoms. The number of hydrogen-bond acceptors (Lipinski definition) is 4. The molecule has 1 fully saturated rings. The van der Waals surface area contributed by atoms with Gasteiger partial charge in [-0.05, 0) is 48.9 Å². The number of rotatable bonds is 6. The molecular formula is C21H29IN6S. The van der Waals surface area contributed by atoms with Crippen molar-refractivity contribution in [3.05, 3.63) is 47.6 Å². The van der Waals surface area contributed by atoms with Gasteiger partial charge in [-0.2, -0.15) is 0 Å². The molecule has 3 heterocycles. The van der Waals surface area contributed by atoms with Crippen LogP contribution in [-0.2, 0) is 6.42 Å². The van der Waals surface area contributed by atoms with Crippen molar-refractivity contribution >= 4 is 57.3 Å². The quantitative estimate of drug-likeness (QED) is 0.197. The Morgan fingerprint density at radius 3 is 2.79 bits per heavy atom. The molecule has 1 saturated heterocycles. The first-order valence-corrected chi connectivity index (χ1v) is 10.9. The predicted molar refractivity (Wildman–Crippen MR) is 134 cm³/mol. The highest BCUT2D eigenvalue weighted by Gasteiger charge is 2.20. The van der Waals surface area contributed by atoms with Crippen LogP contribution in [0.15, 0.2) is 46.8 Å². The largest absolute Gasteiger partial charge is 0.363 e. The number of benzene rings is 1. The van der Waals surface area contributed by atoms with Gasteiger partial charge in [-0.25, -0.2) is 4.98 Å². The monoisotopic (exact) mass is 524 g/mol. The summed E-state index contributed by atoms with van der Waals surface area (Å²) in [5.74, 6) is 1.95. The van der Waals surface area contributed by atoms with Crippen LogP contribution in [-0.4, -0.2) is 48.7 Å². The van der Waals surface area contributed by atoms with Gasteiger partial charge in [0.25, 0.3) is 0 Å². The van der Waals surface area contributed by atoms with Gasteiger partial charge in [-0.3, -0.25) is 4.99 Å². The van der Waals surface area contributed by atoms with Gasteiger partial charge in [0.1, 0.15) is 5.82 Å². The van der Waals surface area contributed by atoms with Crippen molar-refractivity contribution in [1.82, 2.24) is 20.6 Å². The Kier molecular flexibility index (Phi) is 8.17. The van der Waals surface area contributed by atoms with Gasteiger partial charge < -0.3 is 20.5 Å². The third-order valence-electron chi connectivity index (χ3n) is 5.20. The minimum atomic E-state index is 0. The Bertz CT molecular complexity index is 866. The summed E-state index contributed by atoms with van der Waals surface area (Å²) in [5, 5.41) is 10.6. The van der Waals surface area contributed by atoms with Crippen LogP contribution < -0.4 is 15.5 Å². The maximum Gasteiger partial charge on any atom is 0.191 e. The zero-order valence-corrected chi connectivity index (χ0v) is 19.9. The fraction of sp³-hybridized carbons (Fsp3) is 0.429. The number of nitrogens with one attached hydrogen (secondary N) is 3. The molecule has 6 nitrogen and oxygen atoms in total. The smallest absolute Gasteiger partial charge is 0.191 e. The number of fused-ring (bicyclic) bond motifs is 1. The minimum Gasteiger partial charge on any atom is -0.363 e. The lowest BCUT2D eigenvalue weighted by atomic mass is 10.1. The summed E-state index contributed by atoms with van der Waals surface area (Å²) in [4.78, 5) is 14.9. The lowest BCUT2D eigenvalue weighted by Gasteiger charge is -2.33. The molecule has 1 aliphatic rings. The molecule has 0 atom stereocenters.